The predicted molar refractivity (Wildman–Crippen MR) is 196 cm³/mol. The largest absolute Gasteiger partial charge is 0.374 e. The van der Waals surface area contributed by atoms with Crippen LogP contribution in [0, 0.1) is 0 Å². The highest BCUT2D eigenvalue weighted by Gasteiger charge is 2.32. The zero-order valence-electron chi connectivity index (χ0n) is 30.1. The molecule has 0 N–H and O–H groups in total. The molecule has 1 heterocycles. The average molecular weight is 616 g/mol. The predicted octanol–water partition coefficient (Wildman–Crippen LogP) is 12.6. The van der Waals surface area contributed by atoms with Crippen molar-refractivity contribution in [2.45, 2.75) is 193 Å². The lowest BCUT2D eigenvalue weighted by molar-refractivity contribution is -0.0481. The molecule has 0 unspecified atom stereocenters. The van der Waals surface area contributed by atoms with Gasteiger partial charge in [-0.25, -0.2) is 0 Å². The average Bonchev–Trinajstić information content (AvgIpc) is 3.38. The van der Waals surface area contributed by atoms with E-state index in [0.29, 0.717) is 0 Å². The molecule has 0 aromatic carbocycles. The Balaban J connectivity index is 1.89. The normalized spacial score (nSPS) is 17.8. The fourth-order valence-electron chi connectivity index (χ4n) is 6.15. The third kappa shape index (κ3) is 27.4. The molecule has 1 saturated heterocycles. The van der Waals surface area contributed by atoms with Gasteiger partial charge in [0.2, 0.25) is 0 Å². The smallest absolute Gasteiger partial charge is 0.0975 e. The van der Waals surface area contributed by atoms with Gasteiger partial charge in [-0.3, -0.25) is 0 Å². The van der Waals surface area contributed by atoms with Gasteiger partial charge in [-0.05, 0) is 77.7 Å². The molecule has 2 atom stereocenters. The van der Waals surface area contributed by atoms with Crippen molar-refractivity contribution in [3.8, 4) is 0 Å². The Hall–Kier alpha value is -0.900. The molecule has 1 aliphatic heterocycles. The summed E-state index contributed by atoms with van der Waals surface area (Å²) in [5.41, 5.74) is 0. The lowest BCUT2D eigenvalue weighted by Crippen LogP contribution is -2.30. The number of likely N-dealkylation sites (N-methyl/N-ethyl adjacent to an activating group) is 1. The minimum absolute atomic E-state index is 0.257. The zero-order valence-corrected chi connectivity index (χ0v) is 30.1. The third-order valence-corrected chi connectivity index (χ3v) is 9.06. The van der Waals surface area contributed by atoms with Gasteiger partial charge in [-0.2, -0.15) is 0 Å². The SMILES string of the molecule is CCCCC/C=C\C/C=C\CCCCCCCCO[C@H]1CN(C)C[C@H]1OCCCCCCCC/C=C\CCCCCCCC. The van der Waals surface area contributed by atoms with Crippen LogP contribution in [0.1, 0.15) is 181 Å². The van der Waals surface area contributed by atoms with Gasteiger partial charge in [-0.15, -0.1) is 0 Å². The molecule has 3 nitrogen and oxygen atoms in total. The first-order valence-corrected chi connectivity index (χ1v) is 19.6. The van der Waals surface area contributed by atoms with Crippen molar-refractivity contribution in [2.75, 3.05) is 33.4 Å². The van der Waals surface area contributed by atoms with Crippen molar-refractivity contribution in [3.05, 3.63) is 36.5 Å². The molecule has 0 aromatic rings. The van der Waals surface area contributed by atoms with Crippen LogP contribution in [-0.2, 0) is 9.47 Å². The standard InChI is InChI=1S/C41H77NO2/c1-4-6-8-10-12-14-16-18-20-22-24-26-28-30-32-34-36-43-40-38-42(3)39-41(40)44-37-35-33-31-29-27-25-23-21-19-17-15-13-11-9-7-5-2/h12,14,18-21,40-41H,4-11,13,15-17,22-39H2,1-3H3/b14-12-,20-18-,21-19-/t40-,41+/m0/s1. The number of allylic oxidation sites excluding steroid dienone is 6. The second-order valence-corrected chi connectivity index (χ2v) is 13.6. The lowest BCUT2D eigenvalue weighted by atomic mass is 10.1. The molecule has 0 amide bonds. The number of likely N-dealkylation sites (tertiary alicyclic amines) is 1. The maximum atomic E-state index is 6.30. The number of nitrogens with zero attached hydrogens (tertiary/aromatic N) is 1. The zero-order chi connectivity index (χ0) is 31.6. The Morgan fingerprint density at radius 2 is 0.750 bits per heavy atom. The summed E-state index contributed by atoms with van der Waals surface area (Å²) in [6, 6.07) is 0. The van der Waals surface area contributed by atoms with Gasteiger partial charge in [0.05, 0.1) is 12.2 Å². The van der Waals surface area contributed by atoms with Gasteiger partial charge in [0, 0.05) is 26.3 Å². The first-order valence-electron chi connectivity index (χ1n) is 19.6. The van der Waals surface area contributed by atoms with Crippen LogP contribution >= 0.6 is 0 Å². The molecule has 1 rings (SSSR count). The second-order valence-electron chi connectivity index (χ2n) is 13.6. The lowest BCUT2D eigenvalue weighted by Gasteiger charge is -2.20. The van der Waals surface area contributed by atoms with Crippen LogP contribution in [0.3, 0.4) is 0 Å². The van der Waals surface area contributed by atoms with Crippen LogP contribution < -0.4 is 0 Å². The highest BCUT2D eigenvalue weighted by molar-refractivity contribution is 4.92. The van der Waals surface area contributed by atoms with E-state index < -0.39 is 0 Å². The van der Waals surface area contributed by atoms with E-state index in [1.165, 1.54) is 161 Å². The Labute approximate surface area is 276 Å². The van der Waals surface area contributed by atoms with E-state index in [0.717, 1.165) is 32.7 Å². The number of ether oxygens (including phenoxy) is 2. The molecule has 0 radical (unpaired) electrons. The van der Waals surface area contributed by atoms with Gasteiger partial charge in [0.15, 0.2) is 0 Å². The van der Waals surface area contributed by atoms with Crippen molar-refractivity contribution in [2.24, 2.45) is 0 Å². The van der Waals surface area contributed by atoms with E-state index in [9.17, 15) is 0 Å². The van der Waals surface area contributed by atoms with Gasteiger partial charge in [-0.1, -0.05) is 147 Å². The molecule has 0 saturated carbocycles. The first kappa shape index (κ1) is 41.1. The Kier molecular flexibility index (Phi) is 31.3. The molecule has 0 aliphatic carbocycles. The van der Waals surface area contributed by atoms with Crippen molar-refractivity contribution in [3.63, 3.8) is 0 Å². The summed E-state index contributed by atoms with van der Waals surface area (Å²) < 4.78 is 12.6. The Bertz CT molecular complexity index is 657. The van der Waals surface area contributed by atoms with Gasteiger partial charge >= 0.3 is 0 Å². The fraction of sp³-hybridized carbons (Fsp3) is 0.854. The third-order valence-electron chi connectivity index (χ3n) is 9.06. The molecule has 0 bridgehead atoms. The van der Waals surface area contributed by atoms with Crippen LogP contribution in [0.25, 0.3) is 0 Å². The Morgan fingerprint density at radius 3 is 1.18 bits per heavy atom. The highest BCUT2D eigenvalue weighted by Crippen LogP contribution is 2.18. The summed E-state index contributed by atoms with van der Waals surface area (Å²) in [5, 5.41) is 0. The number of unbranched alkanes of at least 4 members (excludes halogenated alkanes) is 21. The molecule has 1 fully saturated rings. The molecular weight excluding hydrogens is 538 g/mol. The summed E-state index contributed by atoms with van der Waals surface area (Å²) in [6.45, 7) is 8.37. The van der Waals surface area contributed by atoms with E-state index in [2.05, 4.69) is 62.3 Å². The van der Waals surface area contributed by atoms with Crippen molar-refractivity contribution in [1.29, 1.82) is 0 Å². The van der Waals surface area contributed by atoms with E-state index in [1.54, 1.807) is 0 Å². The molecule has 3 heteroatoms. The van der Waals surface area contributed by atoms with E-state index >= 15 is 0 Å². The summed E-state index contributed by atoms with van der Waals surface area (Å²) in [5.74, 6) is 0. The summed E-state index contributed by atoms with van der Waals surface area (Å²) >= 11 is 0. The van der Waals surface area contributed by atoms with Crippen LogP contribution in [-0.4, -0.2) is 50.5 Å². The number of hydrogen-bond acceptors (Lipinski definition) is 3. The van der Waals surface area contributed by atoms with Gasteiger partial charge in [0.1, 0.15) is 0 Å². The summed E-state index contributed by atoms with van der Waals surface area (Å²) in [7, 11) is 2.20. The monoisotopic (exact) mass is 616 g/mol. The molecule has 0 spiro atoms. The Morgan fingerprint density at radius 1 is 0.432 bits per heavy atom. The van der Waals surface area contributed by atoms with Crippen LogP contribution in [0.15, 0.2) is 36.5 Å². The number of hydrogen-bond donors (Lipinski definition) is 0. The first-order chi connectivity index (χ1) is 21.8. The second kappa shape index (κ2) is 33.5. The maximum Gasteiger partial charge on any atom is 0.0975 e. The van der Waals surface area contributed by atoms with Crippen LogP contribution in [0.4, 0.5) is 0 Å². The molecule has 258 valence electrons. The molecule has 1 aliphatic rings. The minimum Gasteiger partial charge on any atom is -0.374 e. The highest BCUT2D eigenvalue weighted by atomic mass is 16.5. The summed E-state index contributed by atoms with van der Waals surface area (Å²) in [4.78, 5) is 2.37. The van der Waals surface area contributed by atoms with Crippen LogP contribution in [0.5, 0.6) is 0 Å². The van der Waals surface area contributed by atoms with Crippen molar-refractivity contribution >= 4 is 0 Å². The van der Waals surface area contributed by atoms with Gasteiger partial charge < -0.3 is 14.4 Å². The van der Waals surface area contributed by atoms with Gasteiger partial charge in [0.25, 0.3) is 0 Å². The van der Waals surface area contributed by atoms with E-state index in [4.69, 9.17) is 9.47 Å². The molecular formula is C41H77NO2. The summed E-state index contributed by atoms with van der Waals surface area (Å²) in [6.07, 6.45) is 49.1. The fourth-order valence-corrected chi connectivity index (χ4v) is 6.15. The van der Waals surface area contributed by atoms with Crippen molar-refractivity contribution < 1.29 is 9.47 Å². The minimum atomic E-state index is 0.257. The molecule has 0 aromatic heterocycles. The number of rotatable bonds is 33. The maximum absolute atomic E-state index is 6.30. The topological polar surface area (TPSA) is 21.7 Å². The molecule has 44 heavy (non-hydrogen) atoms. The van der Waals surface area contributed by atoms with Crippen molar-refractivity contribution in [1.82, 2.24) is 4.90 Å². The van der Waals surface area contributed by atoms with E-state index in [-0.39, 0.29) is 12.2 Å². The quantitative estimate of drug-likeness (QED) is 0.0541. The van der Waals surface area contributed by atoms with E-state index in [1.807, 2.05) is 0 Å². The van der Waals surface area contributed by atoms with Crippen LogP contribution in [0.2, 0.25) is 0 Å².